The quantitative estimate of drug-likeness (QED) is 0.575. The van der Waals surface area contributed by atoms with Crippen LogP contribution in [0, 0.1) is 0 Å². The van der Waals surface area contributed by atoms with Crippen molar-refractivity contribution in [3.8, 4) is 0 Å². The van der Waals surface area contributed by atoms with Crippen molar-refractivity contribution in [2.24, 2.45) is 0 Å². The van der Waals surface area contributed by atoms with E-state index in [-0.39, 0.29) is 24.3 Å². The van der Waals surface area contributed by atoms with E-state index >= 15 is 0 Å². The first kappa shape index (κ1) is 22.1. The maximum Gasteiger partial charge on any atom is 0.227 e. The van der Waals surface area contributed by atoms with Crippen molar-refractivity contribution >= 4 is 14.2 Å². The van der Waals surface area contributed by atoms with E-state index in [2.05, 4.69) is 48.5 Å². The van der Waals surface area contributed by atoms with Gasteiger partial charge in [-0.25, -0.2) is 0 Å². The van der Waals surface area contributed by atoms with Crippen LogP contribution in [0.1, 0.15) is 66.6 Å². The van der Waals surface area contributed by atoms with Gasteiger partial charge in [-0.1, -0.05) is 71.9 Å². The molecule has 1 aromatic rings. The Kier molecular flexibility index (Phi) is 7.28. The molecule has 4 nitrogen and oxygen atoms in total. The van der Waals surface area contributed by atoms with Gasteiger partial charge in [-0.3, -0.25) is 4.79 Å². The van der Waals surface area contributed by atoms with Crippen molar-refractivity contribution in [3.63, 3.8) is 0 Å². The summed E-state index contributed by atoms with van der Waals surface area (Å²) in [5, 5.41) is 0. The molecular weight excluding hydrogens is 354 g/mol. The molecule has 0 aliphatic carbocycles. The summed E-state index contributed by atoms with van der Waals surface area (Å²) < 4.78 is 13.3. The average Bonchev–Trinajstić information content (AvgIpc) is 2.61. The standard InChI is InChI=1S/C22H37NO3Si/c1-15(2)27(16(3)4,17(5)6)26-18(7)22-23(8)21(24)14-20(25-22)19-12-10-9-11-13-19/h9-13,15-18,20,22H,14H2,1-8H3/t18-,20-,22+/m0/s1. The molecule has 1 heterocycles. The van der Waals surface area contributed by atoms with Crippen molar-refractivity contribution in [2.75, 3.05) is 7.05 Å². The van der Waals surface area contributed by atoms with Crippen LogP contribution >= 0.6 is 0 Å². The first-order valence-electron chi connectivity index (χ1n) is 10.2. The maximum absolute atomic E-state index is 12.7. The fraction of sp³-hybridized carbons (Fsp3) is 0.682. The van der Waals surface area contributed by atoms with Gasteiger partial charge in [0.2, 0.25) is 14.2 Å². The highest BCUT2D eigenvalue weighted by Crippen LogP contribution is 2.44. The van der Waals surface area contributed by atoms with Crippen LogP contribution in [-0.4, -0.2) is 38.5 Å². The van der Waals surface area contributed by atoms with Crippen molar-refractivity contribution in [1.29, 1.82) is 0 Å². The van der Waals surface area contributed by atoms with Gasteiger partial charge in [0, 0.05) is 7.05 Å². The van der Waals surface area contributed by atoms with Crippen molar-refractivity contribution in [1.82, 2.24) is 4.90 Å². The molecule has 3 atom stereocenters. The largest absolute Gasteiger partial charge is 0.409 e. The molecule has 1 fully saturated rings. The Labute approximate surface area is 166 Å². The Hall–Kier alpha value is -1.17. The molecule has 152 valence electrons. The zero-order valence-electron chi connectivity index (χ0n) is 18.2. The third-order valence-corrected chi connectivity index (χ3v) is 12.3. The van der Waals surface area contributed by atoms with Gasteiger partial charge in [0.05, 0.1) is 18.6 Å². The highest BCUT2D eigenvalue weighted by atomic mass is 28.4. The zero-order valence-corrected chi connectivity index (χ0v) is 19.2. The monoisotopic (exact) mass is 391 g/mol. The SMILES string of the molecule is CC(C)[Si](O[C@@H](C)[C@H]1O[C@H](c2ccccc2)CC(=O)N1C)(C(C)C)C(C)C. The number of benzene rings is 1. The Morgan fingerprint density at radius 2 is 1.52 bits per heavy atom. The van der Waals surface area contributed by atoms with Gasteiger partial charge < -0.3 is 14.1 Å². The predicted molar refractivity (Wildman–Crippen MR) is 113 cm³/mol. The second-order valence-electron chi connectivity index (χ2n) is 8.78. The van der Waals surface area contributed by atoms with Gasteiger partial charge in [-0.05, 0) is 29.1 Å². The van der Waals surface area contributed by atoms with E-state index in [1.807, 2.05) is 37.4 Å². The summed E-state index contributed by atoms with van der Waals surface area (Å²) in [7, 11) is -0.215. The van der Waals surface area contributed by atoms with E-state index in [4.69, 9.17) is 9.16 Å². The molecule has 0 saturated carbocycles. The molecule has 1 aliphatic heterocycles. The number of hydrogen-bond donors (Lipinski definition) is 0. The van der Waals surface area contributed by atoms with E-state index in [0.29, 0.717) is 23.0 Å². The number of ether oxygens (including phenoxy) is 1. The van der Waals surface area contributed by atoms with Crippen LogP contribution in [0.15, 0.2) is 30.3 Å². The van der Waals surface area contributed by atoms with Crippen molar-refractivity contribution in [3.05, 3.63) is 35.9 Å². The first-order valence-corrected chi connectivity index (χ1v) is 12.4. The molecule has 0 aromatic heterocycles. The lowest BCUT2D eigenvalue weighted by Crippen LogP contribution is -2.57. The molecule has 0 N–H and O–H groups in total. The fourth-order valence-corrected chi connectivity index (χ4v) is 10.4. The fourth-order valence-electron chi connectivity index (χ4n) is 4.83. The molecule has 1 aliphatic rings. The highest BCUT2D eigenvalue weighted by molar-refractivity contribution is 6.77. The molecule has 0 spiro atoms. The molecule has 1 saturated heterocycles. The zero-order chi connectivity index (χ0) is 20.4. The lowest BCUT2D eigenvalue weighted by molar-refractivity contribution is -0.188. The van der Waals surface area contributed by atoms with Crippen molar-refractivity contribution < 1.29 is 14.0 Å². The van der Waals surface area contributed by atoms with Crippen LogP contribution in [0.5, 0.6) is 0 Å². The van der Waals surface area contributed by atoms with Gasteiger partial charge in [0.1, 0.15) is 0 Å². The molecule has 27 heavy (non-hydrogen) atoms. The van der Waals surface area contributed by atoms with E-state index in [9.17, 15) is 4.79 Å². The molecule has 0 bridgehead atoms. The normalized spacial score (nSPS) is 22.8. The van der Waals surface area contributed by atoms with Gasteiger partial charge in [0.15, 0.2) is 6.23 Å². The van der Waals surface area contributed by atoms with Crippen LogP contribution in [0.4, 0.5) is 0 Å². The summed E-state index contributed by atoms with van der Waals surface area (Å²) >= 11 is 0. The summed E-state index contributed by atoms with van der Waals surface area (Å²) in [6.45, 7) is 15.7. The number of carbonyl (C=O) groups excluding carboxylic acids is 1. The minimum atomic E-state index is -2.05. The van der Waals surface area contributed by atoms with Gasteiger partial charge in [-0.15, -0.1) is 0 Å². The number of carbonyl (C=O) groups is 1. The summed E-state index contributed by atoms with van der Waals surface area (Å²) in [6, 6.07) is 10.0. The summed E-state index contributed by atoms with van der Waals surface area (Å²) in [4.78, 5) is 14.4. The lowest BCUT2D eigenvalue weighted by Gasteiger charge is -2.47. The third-order valence-electron chi connectivity index (χ3n) is 6.11. The first-order chi connectivity index (χ1) is 12.6. The second kappa shape index (κ2) is 8.89. The van der Waals surface area contributed by atoms with Gasteiger partial charge in [-0.2, -0.15) is 0 Å². The molecule has 0 radical (unpaired) electrons. The Bertz CT molecular complexity index is 595. The number of likely N-dealkylation sites (N-methyl/N-ethyl adjacent to an activating group) is 1. The minimum Gasteiger partial charge on any atom is -0.409 e. The molecular formula is C22H37NO3Si. The van der Waals surface area contributed by atoms with Crippen LogP contribution in [0.25, 0.3) is 0 Å². The molecule has 0 unspecified atom stereocenters. The topological polar surface area (TPSA) is 38.8 Å². The second-order valence-corrected chi connectivity index (χ2v) is 14.2. The van der Waals surface area contributed by atoms with Crippen LogP contribution < -0.4 is 0 Å². The highest BCUT2D eigenvalue weighted by Gasteiger charge is 2.48. The lowest BCUT2D eigenvalue weighted by atomic mass is 10.0. The van der Waals surface area contributed by atoms with Crippen LogP contribution in [0.2, 0.25) is 16.6 Å². The smallest absolute Gasteiger partial charge is 0.227 e. The Balaban J connectivity index is 2.26. The van der Waals surface area contributed by atoms with Crippen LogP contribution in [0.3, 0.4) is 0 Å². The summed E-state index contributed by atoms with van der Waals surface area (Å²) in [5.41, 5.74) is 2.54. The molecule has 1 amide bonds. The summed E-state index contributed by atoms with van der Waals surface area (Å²) in [6.07, 6.45) is -0.353. The Morgan fingerprint density at radius 1 is 1.00 bits per heavy atom. The average molecular weight is 392 g/mol. The van der Waals surface area contributed by atoms with Gasteiger partial charge >= 0.3 is 0 Å². The molecule has 5 heteroatoms. The van der Waals surface area contributed by atoms with E-state index < -0.39 is 8.32 Å². The number of amides is 1. The van der Waals surface area contributed by atoms with Crippen molar-refractivity contribution in [2.45, 2.75) is 89.9 Å². The molecule has 1 aromatic carbocycles. The molecule has 2 rings (SSSR count). The Morgan fingerprint density at radius 3 is 2.00 bits per heavy atom. The van der Waals surface area contributed by atoms with Crippen LogP contribution in [-0.2, 0) is 14.0 Å². The third kappa shape index (κ3) is 4.46. The van der Waals surface area contributed by atoms with E-state index in [1.54, 1.807) is 4.90 Å². The predicted octanol–water partition coefficient (Wildman–Crippen LogP) is 5.51. The minimum absolute atomic E-state index is 0.112. The van der Waals surface area contributed by atoms with E-state index in [0.717, 1.165) is 5.56 Å². The van der Waals surface area contributed by atoms with Gasteiger partial charge in [0.25, 0.3) is 0 Å². The number of nitrogens with zero attached hydrogens (tertiary/aromatic N) is 1. The maximum atomic E-state index is 12.7. The summed E-state index contributed by atoms with van der Waals surface area (Å²) in [5.74, 6) is 0.112. The number of hydrogen-bond acceptors (Lipinski definition) is 3. The van der Waals surface area contributed by atoms with E-state index in [1.165, 1.54) is 0 Å². The number of rotatable bonds is 7.